The Kier molecular flexibility index (Phi) is 5.63. The minimum Gasteiger partial charge on any atom is -0.306 e. The summed E-state index contributed by atoms with van der Waals surface area (Å²) >= 11 is 8.88. The van der Waals surface area contributed by atoms with Crippen LogP contribution in [0, 0.1) is 6.92 Å². The van der Waals surface area contributed by atoms with E-state index in [0.29, 0.717) is 0 Å². The van der Waals surface area contributed by atoms with Gasteiger partial charge in [-0.25, -0.2) is 0 Å². The first-order valence-corrected chi connectivity index (χ1v) is 8.76. The fourth-order valence-corrected chi connectivity index (χ4v) is 4.09. The Morgan fingerprint density at radius 3 is 2.58 bits per heavy atom. The van der Waals surface area contributed by atoms with Crippen molar-refractivity contribution in [2.75, 3.05) is 6.54 Å². The molecule has 1 aromatic heterocycles. The molecule has 0 saturated carbocycles. The maximum Gasteiger partial charge on any atom is 0.0702 e. The molecule has 0 spiro atoms. The molecule has 19 heavy (non-hydrogen) atoms. The molecule has 0 aliphatic carbocycles. The average molecular weight is 403 g/mol. The van der Waals surface area contributed by atoms with E-state index in [0.717, 1.165) is 17.4 Å². The summed E-state index contributed by atoms with van der Waals surface area (Å²) in [6, 6.07) is 11.1. The van der Waals surface area contributed by atoms with Crippen molar-refractivity contribution in [2.24, 2.45) is 0 Å². The highest BCUT2D eigenvalue weighted by Gasteiger charge is 2.17. The third-order valence-corrected chi connectivity index (χ3v) is 5.20. The van der Waals surface area contributed by atoms with Gasteiger partial charge in [0.25, 0.3) is 0 Å². The van der Waals surface area contributed by atoms with E-state index >= 15 is 0 Å². The van der Waals surface area contributed by atoms with Crippen molar-refractivity contribution in [1.29, 1.82) is 0 Å². The van der Waals surface area contributed by atoms with Crippen LogP contribution in [0.2, 0.25) is 0 Å². The number of halogens is 2. The molecule has 1 atom stereocenters. The lowest BCUT2D eigenvalue weighted by Gasteiger charge is -2.20. The standard InChI is InChI=1S/C15H17Br2NS/c1-3-8-18-15(13-6-7-14(17)19-13)12-5-4-11(16)9-10(12)2/h4-7,9,15,18H,3,8H2,1-2H3. The van der Waals surface area contributed by atoms with Gasteiger partial charge in [0.2, 0.25) is 0 Å². The molecule has 2 aromatic rings. The first-order valence-electron chi connectivity index (χ1n) is 6.36. The van der Waals surface area contributed by atoms with E-state index in [4.69, 9.17) is 0 Å². The Hall–Kier alpha value is -0.160. The second-order valence-electron chi connectivity index (χ2n) is 4.53. The van der Waals surface area contributed by atoms with E-state index in [1.165, 1.54) is 19.8 Å². The fraction of sp³-hybridized carbons (Fsp3) is 0.333. The predicted molar refractivity (Wildman–Crippen MR) is 91.0 cm³/mol. The number of nitrogens with one attached hydrogen (secondary N) is 1. The predicted octanol–water partition coefficient (Wildman–Crippen LogP) is 5.67. The second kappa shape index (κ2) is 7.02. The van der Waals surface area contributed by atoms with Gasteiger partial charge in [0.15, 0.2) is 0 Å². The van der Waals surface area contributed by atoms with Gasteiger partial charge in [-0.15, -0.1) is 11.3 Å². The highest BCUT2D eigenvalue weighted by Crippen LogP contribution is 2.33. The van der Waals surface area contributed by atoms with Crippen LogP contribution in [0.4, 0.5) is 0 Å². The molecule has 4 heteroatoms. The summed E-state index contributed by atoms with van der Waals surface area (Å²) in [7, 11) is 0. The number of thiophene rings is 1. The van der Waals surface area contributed by atoms with Gasteiger partial charge in [-0.05, 0) is 71.2 Å². The minimum absolute atomic E-state index is 0.282. The van der Waals surface area contributed by atoms with Gasteiger partial charge in [-0.3, -0.25) is 0 Å². The van der Waals surface area contributed by atoms with Gasteiger partial charge >= 0.3 is 0 Å². The largest absolute Gasteiger partial charge is 0.306 e. The van der Waals surface area contributed by atoms with Crippen LogP contribution in [0.15, 0.2) is 38.6 Å². The molecule has 0 radical (unpaired) electrons. The van der Waals surface area contributed by atoms with Crippen molar-refractivity contribution in [3.05, 3.63) is 54.6 Å². The van der Waals surface area contributed by atoms with Crippen molar-refractivity contribution >= 4 is 43.2 Å². The Labute approximate surface area is 135 Å². The molecule has 0 amide bonds. The Morgan fingerprint density at radius 2 is 2.00 bits per heavy atom. The molecule has 0 aliphatic rings. The SMILES string of the molecule is CCCNC(c1ccc(Br)s1)c1ccc(Br)cc1C. The zero-order valence-corrected chi connectivity index (χ0v) is 15.0. The summed E-state index contributed by atoms with van der Waals surface area (Å²) in [5, 5.41) is 3.65. The topological polar surface area (TPSA) is 12.0 Å². The lowest BCUT2D eigenvalue weighted by Crippen LogP contribution is -2.23. The van der Waals surface area contributed by atoms with Crippen LogP contribution in [-0.4, -0.2) is 6.54 Å². The zero-order valence-electron chi connectivity index (χ0n) is 11.0. The normalized spacial score (nSPS) is 12.6. The lowest BCUT2D eigenvalue weighted by molar-refractivity contribution is 0.603. The molecule has 1 unspecified atom stereocenters. The van der Waals surface area contributed by atoms with Crippen molar-refractivity contribution in [3.8, 4) is 0 Å². The van der Waals surface area contributed by atoms with Gasteiger partial charge in [-0.1, -0.05) is 28.9 Å². The van der Waals surface area contributed by atoms with Crippen LogP contribution in [0.3, 0.4) is 0 Å². The van der Waals surface area contributed by atoms with Crippen molar-refractivity contribution in [1.82, 2.24) is 5.32 Å². The third kappa shape index (κ3) is 3.91. The van der Waals surface area contributed by atoms with Crippen LogP contribution >= 0.6 is 43.2 Å². The summed E-state index contributed by atoms with van der Waals surface area (Å²) in [5.74, 6) is 0. The van der Waals surface area contributed by atoms with Crippen LogP contribution in [0.5, 0.6) is 0 Å². The van der Waals surface area contributed by atoms with Crippen LogP contribution in [0.1, 0.15) is 35.4 Å². The van der Waals surface area contributed by atoms with Gasteiger partial charge in [0, 0.05) is 9.35 Å². The van der Waals surface area contributed by atoms with Gasteiger partial charge < -0.3 is 5.32 Å². The summed E-state index contributed by atoms with van der Waals surface area (Å²) in [6.07, 6.45) is 1.14. The molecule has 0 fully saturated rings. The molecule has 0 bridgehead atoms. The van der Waals surface area contributed by atoms with Crippen LogP contribution in [-0.2, 0) is 0 Å². The molecule has 0 saturated heterocycles. The van der Waals surface area contributed by atoms with E-state index in [9.17, 15) is 0 Å². The summed E-state index contributed by atoms with van der Waals surface area (Å²) in [6.45, 7) is 5.39. The molecular formula is C15H17Br2NS. The van der Waals surface area contributed by atoms with E-state index in [1.807, 2.05) is 0 Å². The Morgan fingerprint density at radius 1 is 1.21 bits per heavy atom. The lowest BCUT2D eigenvalue weighted by atomic mass is 10.00. The number of rotatable bonds is 5. The molecule has 102 valence electrons. The minimum atomic E-state index is 0.282. The van der Waals surface area contributed by atoms with Gasteiger partial charge in [0.1, 0.15) is 0 Å². The number of benzene rings is 1. The first-order chi connectivity index (χ1) is 9.11. The number of hydrogen-bond acceptors (Lipinski definition) is 2. The van der Waals surface area contributed by atoms with Crippen molar-refractivity contribution < 1.29 is 0 Å². The highest BCUT2D eigenvalue weighted by atomic mass is 79.9. The molecule has 1 nitrogen and oxygen atoms in total. The third-order valence-electron chi connectivity index (χ3n) is 3.02. The number of hydrogen-bond donors (Lipinski definition) is 1. The molecule has 0 aliphatic heterocycles. The highest BCUT2D eigenvalue weighted by molar-refractivity contribution is 9.11. The zero-order chi connectivity index (χ0) is 13.8. The summed E-state index contributed by atoms with van der Waals surface area (Å²) in [4.78, 5) is 1.35. The fourth-order valence-electron chi connectivity index (χ4n) is 2.10. The summed E-state index contributed by atoms with van der Waals surface area (Å²) < 4.78 is 2.32. The molecule has 2 rings (SSSR count). The van der Waals surface area contributed by atoms with E-state index in [2.05, 4.69) is 81.4 Å². The Bertz CT molecular complexity index is 551. The summed E-state index contributed by atoms with van der Waals surface area (Å²) in [5.41, 5.74) is 2.67. The van der Waals surface area contributed by atoms with Gasteiger partial charge in [-0.2, -0.15) is 0 Å². The molecule has 1 N–H and O–H groups in total. The number of aryl methyl sites for hydroxylation is 1. The quantitative estimate of drug-likeness (QED) is 0.679. The maximum atomic E-state index is 3.65. The van der Waals surface area contributed by atoms with E-state index in [-0.39, 0.29) is 6.04 Å². The van der Waals surface area contributed by atoms with Crippen molar-refractivity contribution in [3.63, 3.8) is 0 Å². The monoisotopic (exact) mass is 401 g/mol. The Balaban J connectivity index is 2.36. The first kappa shape index (κ1) is 15.2. The van der Waals surface area contributed by atoms with Crippen molar-refractivity contribution in [2.45, 2.75) is 26.3 Å². The van der Waals surface area contributed by atoms with E-state index in [1.54, 1.807) is 11.3 Å². The van der Waals surface area contributed by atoms with E-state index < -0.39 is 0 Å². The molecule has 1 aromatic carbocycles. The van der Waals surface area contributed by atoms with Gasteiger partial charge in [0.05, 0.1) is 9.83 Å². The van der Waals surface area contributed by atoms with Crippen LogP contribution in [0.25, 0.3) is 0 Å². The maximum absolute atomic E-state index is 3.65. The van der Waals surface area contributed by atoms with Crippen LogP contribution < -0.4 is 5.32 Å². The molecular weight excluding hydrogens is 386 g/mol. The average Bonchev–Trinajstić information content (AvgIpc) is 2.78. The second-order valence-corrected chi connectivity index (χ2v) is 7.94. The molecule has 1 heterocycles. The smallest absolute Gasteiger partial charge is 0.0702 e.